The Labute approximate surface area is 91.7 Å². The van der Waals surface area contributed by atoms with Gasteiger partial charge in [0.2, 0.25) is 0 Å². The minimum Gasteiger partial charge on any atom is -0.316 e. The molecule has 3 rings (SSSR count). The van der Waals surface area contributed by atoms with Gasteiger partial charge in [-0.05, 0) is 30.5 Å². The molecule has 0 spiro atoms. The first-order chi connectivity index (χ1) is 7.54. The average Bonchev–Trinajstić information content (AvgIpc) is 2.81. The molecule has 0 radical (unpaired) electrons. The maximum Gasteiger partial charge on any atom is 0.416 e. The molecular formula is C12H12F3N. The fraction of sp³-hybridized carbons (Fsp3) is 0.500. The predicted molar refractivity (Wildman–Crippen MR) is 54.1 cm³/mol. The summed E-state index contributed by atoms with van der Waals surface area (Å²) < 4.78 is 38.6. The van der Waals surface area contributed by atoms with E-state index in [0.717, 1.165) is 13.0 Å². The number of hydrogen-bond donors (Lipinski definition) is 1. The smallest absolute Gasteiger partial charge is 0.316 e. The van der Waals surface area contributed by atoms with Crippen LogP contribution in [0.4, 0.5) is 13.2 Å². The quantitative estimate of drug-likeness (QED) is 0.777. The molecule has 0 amide bonds. The van der Waals surface area contributed by atoms with Gasteiger partial charge in [0.15, 0.2) is 0 Å². The average molecular weight is 227 g/mol. The number of hydrogen-bond acceptors (Lipinski definition) is 1. The second-order valence-corrected chi connectivity index (χ2v) is 4.73. The van der Waals surface area contributed by atoms with E-state index in [9.17, 15) is 13.2 Å². The minimum atomic E-state index is -4.24. The van der Waals surface area contributed by atoms with Crippen molar-refractivity contribution in [3.05, 3.63) is 35.4 Å². The third-order valence-corrected chi connectivity index (χ3v) is 3.83. The topological polar surface area (TPSA) is 12.0 Å². The molecule has 1 aromatic rings. The molecule has 2 atom stereocenters. The lowest BCUT2D eigenvalue weighted by atomic mass is 9.90. The van der Waals surface area contributed by atoms with Crippen LogP contribution >= 0.6 is 0 Å². The molecule has 86 valence electrons. The zero-order valence-corrected chi connectivity index (χ0v) is 8.64. The molecule has 1 nitrogen and oxygen atoms in total. The number of fused-ring (bicyclic) bond motifs is 1. The van der Waals surface area contributed by atoms with Crippen LogP contribution in [0.25, 0.3) is 0 Å². The number of benzene rings is 1. The highest BCUT2D eigenvalue weighted by molar-refractivity contribution is 5.43. The van der Waals surface area contributed by atoms with Crippen LogP contribution in [0.15, 0.2) is 24.3 Å². The highest BCUT2D eigenvalue weighted by atomic mass is 19.4. The van der Waals surface area contributed by atoms with Crippen molar-refractivity contribution in [3.63, 3.8) is 0 Å². The van der Waals surface area contributed by atoms with Gasteiger partial charge in [0.25, 0.3) is 0 Å². The highest BCUT2D eigenvalue weighted by Crippen LogP contribution is 2.58. The third-order valence-electron chi connectivity index (χ3n) is 3.83. The van der Waals surface area contributed by atoms with Crippen molar-refractivity contribution in [2.24, 2.45) is 5.92 Å². The van der Waals surface area contributed by atoms with E-state index >= 15 is 0 Å². The first kappa shape index (κ1) is 10.1. The lowest BCUT2D eigenvalue weighted by Gasteiger charge is -2.19. The standard InChI is InChI=1S/C12H12F3N/c13-12(14,15)10-4-2-1-3-9(10)11-5-8(11)6-16-7-11/h1-4,8,16H,5-7H2/t8?,11-/m1/s1. The molecule has 1 heterocycles. The summed E-state index contributed by atoms with van der Waals surface area (Å²) in [6.45, 7) is 1.54. The molecule has 0 aromatic heterocycles. The molecule has 1 aliphatic heterocycles. The molecule has 1 aromatic carbocycles. The van der Waals surface area contributed by atoms with Crippen LogP contribution in [0.2, 0.25) is 0 Å². The molecule has 1 aliphatic carbocycles. The molecular weight excluding hydrogens is 215 g/mol. The Morgan fingerprint density at radius 3 is 2.56 bits per heavy atom. The molecule has 1 saturated carbocycles. The van der Waals surface area contributed by atoms with E-state index in [1.54, 1.807) is 12.1 Å². The van der Waals surface area contributed by atoms with Gasteiger partial charge in [0.05, 0.1) is 5.56 Å². The van der Waals surface area contributed by atoms with Gasteiger partial charge in [-0.15, -0.1) is 0 Å². The maximum atomic E-state index is 12.9. The molecule has 0 bridgehead atoms. The van der Waals surface area contributed by atoms with Gasteiger partial charge in [-0.25, -0.2) is 0 Å². The van der Waals surface area contributed by atoms with Gasteiger partial charge < -0.3 is 5.32 Å². The third kappa shape index (κ3) is 1.29. The Bertz CT molecular complexity index is 427. The Hall–Kier alpha value is -1.03. The van der Waals surface area contributed by atoms with Gasteiger partial charge in [0.1, 0.15) is 0 Å². The van der Waals surface area contributed by atoms with Crippen molar-refractivity contribution in [2.45, 2.75) is 18.0 Å². The summed E-state index contributed by atoms with van der Waals surface area (Å²) in [6.07, 6.45) is -3.34. The second kappa shape index (κ2) is 3.00. The summed E-state index contributed by atoms with van der Waals surface area (Å²) in [7, 11) is 0. The van der Waals surface area contributed by atoms with E-state index < -0.39 is 11.7 Å². The van der Waals surface area contributed by atoms with Crippen molar-refractivity contribution < 1.29 is 13.2 Å². The molecule has 1 saturated heterocycles. The molecule has 1 N–H and O–H groups in total. The van der Waals surface area contributed by atoms with Crippen molar-refractivity contribution >= 4 is 0 Å². The van der Waals surface area contributed by atoms with Crippen LogP contribution in [0, 0.1) is 5.92 Å². The normalized spacial score (nSPS) is 32.6. The minimum absolute atomic E-state index is 0.230. The second-order valence-electron chi connectivity index (χ2n) is 4.73. The summed E-state index contributed by atoms with van der Waals surface area (Å²) >= 11 is 0. The molecule has 4 heteroatoms. The largest absolute Gasteiger partial charge is 0.416 e. The van der Waals surface area contributed by atoms with Crippen molar-refractivity contribution in [1.82, 2.24) is 5.32 Å². The van der Waals surface area contributed by atoms with Crippen molar-refractivity contribution in [1.29, 1.82) is 0 Å². The van der Waals surface area contributed by atoms with Crippen LogP contribution < -0.4 is 5.32 Å². The van der Waals surface area contributed by atoms with Crippen LogP contribution in [0.1, 0.15) is 17.5 Å². The zero-order valence-electron chi connectivity index (χ0n) is 8.64. The fourth-order valence-corrected chi connectivity index (χ4v) is 2.92. The highest BCUT2D eigenvalue weighted by Gasteiger charge is 2.60. The van der Waals surface area contributed by atoms with Crippen molar-refractivity contribution in [3.8, 4) is 0 Å². The molecule has 2 fully saturated rings. The fourth-order valence-electron chi connectivity index (χ4n) is 2.92. The van der Waals surface area contributed by atoms with Gasteiger partial charge in [-0.3, -0.25) is 0 Å². The van der Waals surface area contributed by atoms with E-state index in [1.165, 1.54) is 12.1 Å². The van der Waals surface area contributed by atoms with E-state index in [4.69, 9.17) is 0 Å². The number of rotatable bonds is 1. The number of piperidine rings is 1. The summed E-state index contributed by atoms with van der Waals surface area (Å²) in [6, 6.07) is 5.99. The number of alkyl halides is 3. The van der Waals surface area contributed by atoms with Crippen LogP contribution in [-0.2, 0) is 11.6 Å². The zero-order chi connectivity index (χ0) is 11.4. The lowest BCUT2D eigenvalue weighted by Crippen LogP contribution is -2.22. The number of nitrogens with one attached hydrogen (secondary N) is 1. The van der Waals surface area contributed by atoms with Crippen molar-refractivity contribution in [2.75, 3.05) is 13.1 Å². The number of halogens is 3. The van der Waals surface area contributed by atoms with Gasteiger partial charge in [-0.1, -0.05) is 18.2 Å². The monoisotopic (exact) mass is 227 g/mol. The molecule has 1 unspecified atom stereocenters. The predicted octanol–water partition coefficient (Wildman–Crippen LogP) is 2.57. The van der Waals surface area contributed by atoms with E-state index in [1.807, 2.05) is 0 Å². The Kier molecular flexibility index (Phi) is 1.90. The first-order valence-corrected chi connectivity index (χ1v) is 5.41. The van der Waals surface area contributed by atoms with E-state index in [-0.39, 0.29) is 5.41 Å². The molecule has 16 heavy (non-hydrogen) atoms. The summed E-state index contributed by atoms with van der Waals surface area (Å²) in [5, 5.41) is 3.17. The van der Waals surface area contributed by atoms with Crippen LogP contribution in [0.5, 0.6) is 0 Å². The van der Waals surface area contributed by atoms with Gasteiger partial charge >= 0.3 is 6.18 Å². The Morgan fingerprint density at radius 2 is 2.00 bits per heavy atom. The van der Waals surface area contributed by atoms with E-state index in [0.29, 0.717) is 18.0 Å². The SMILES string of the molecule is FC(F)(F)c1ccccc1[C@]12CNCC1C2. The molecule has 2 aliphatic rings. The van der Waals surface area contributed by atoms with Crippen LogP contribution in [-0.4, -0.2) is 13.1 Å². The van der Waals surface area contributed by atoms with Gasteiger partial charge in [0, 0.05) is 12.0 Å². The van der Waals surface area contributed by atoms with E-state index in [2.05, 4.69) is 5.32 Å². The van der Waals surface area contributed by atoms with Crippen LogP contribution in [0.3, 0.4) is 0 Å². The van der Waals surface area contributed by atoms with Gasteiger partial charge in [-0.2, -0.15) is 13.2 Å². The summed E-state index contributed by atoms with van der Waals surface area (Å²) in [5.74, 6) is 0.399. The maximum absolute atomic E-state index is 12.9. The summed E-state index contributed by atoms with van der Waals surface area (Å²) in [4.78, 5) is 0. The first-order valence-electron chi connectivity index (χ1n) is 5.41. The Balaban J connectivity index is 2.08. The Morgan fingerprint density at radius 1 is 1.25 bits per heavy atom. The lowest BCUT2D eigenvalue weighted by molar-refractivity contribution is -0.138. The summed E-state index contributed by atoms with van der Waals surface area (Å²) in [5.41, 5.74) is -0.203.